The Kier molecular flexibility index (Phi) is 14.9. The predicted molar refractivity (Wildman–Crippen MR) is 161 cm³/mol. The molecule has 0 aromatic heterocycles. The molecule has 2 amide bonds. The van der Waals surface area contributed by atoms with E-state index in [1.165, 1.54) is 0 Å². The Morgan fingerprint density at radius 3 is 1.90 bits per heavy atom. The van der Waals surface area contributed by atoms with E-state index in [9.17, 15) is 50.4 Å². The molecule has 2 unspecified atom stereocenters. The number of aliphatic hydroxyl groups is 8. The van der Waals surface area contributed by atoms with Gasteiger partial charge in [-0.15, -0.1) is 0 Å². The van der Waals surface area contributed by atoms with Gasteiger partial charge in [0.15, 0.2) is 18.9 Å². The van der Waals surface area contributed by atoms with E-state index in [1.807, 2.05) is 0 Å². The standard InChI is InChI=1S/C30H53N3O15/c1-2-3-4-5-6-7-10-32-20-24(41)27(16(13-36)46-29(20)47-26-15(12-35)44-28(43)19(31)23(26)40)48-30-21(33-17(37)8-9-18(33)38)25(42)22(39)14(11-34)45-30/h14-16,19-30,32,34-36,39-43H,2-13,31H2,1H3/t14-,15-,16-,19-,20-,21-,22-,23-,24-,25-,26?,27?,28-,29+,30+/m1/s1. The van der Waals surface area contributed by atoms with Crippen LogP contribution in [0.15, 0.2) is 0 Å². The van der Waals surface area contributed by atoms with Crippen LogP contribution in [0.3, 0.4) is 0 Å². The van der Waals surface area contributed by atoms with Crippen molar-refractivity contribution in [3.8, 4) is 0 Å². The molecule has 0 spiro atoms. The van der Waals surface area contributed by atoms with Crippen LogP contribution in [-0.4, -0.2) is 176 Å². The molecule has 0 aromatic rings. The highest BCUT2D eigenvalue weighted by Crippen LogP contribution is 2.34. The number of hydrogen-bond donors (Lipinski definition) is 10. The fourth-order valence-electron chi connectivity index (χ4n) is 6.70. The molecule has 18 nitrogen and oxygen atoms in total. The van der Waals surface area contributed by atoms with Crippen molar-refractivity contribution in [1.29, 1.82) is 0 Å². The lowest BCUT2D eigenvalue weighted by atomic mass is 9.93. The van der Waals surface area contributed by atoms with Crippen LogP contribution < -0.4 is 11.1 Å². The first kappa shape index (κ1) is 39.3. The summed E-state index contributed by atoms with van der Waals surface area (Å²) in [6.07, 6.45) is -12.4. The zero-order valence-electron chi connectivity index (χ0n) is 27.1. The second-order valence-corrected chi connectivity index (χ2v) is 12.8. The van der Waals surface area contributed by atoms with Gasteiger partial charge in [0.1, 0.15) is 61.0 Å². The first-order valence-electron chi connectivity index (χ1n) is 16.8. The number of carbonyl (C=O) groups excluding carboxylic acids is 2. The number of likely N-dealkylation sites (tertiary alicyclic amines) is 1. The van der Waals surface area contributed by atoms with Crippen LogP contribution in [0.5, 0.6) is 0 Å². The highest BCUT2D eigenvalue weighted by molar-refractivity contribution is 6.02. The van der Waals surface area contributed by atoms with Gasteiger partial charge in [0.25, 0.3) is 0 Å². The van der Waals surface area contributed by atoms with Crippen LogP contribution in [0, 0.1) is 0 Å². The number of rotatable bonds is 16. The minimum Gasteiger partial charge on any atom is -0.394 e. The zero-order valence-corrected chi connectivity index (χ0v) is 27.1. The van der Waals surface area contributed by atoms with Gasteiger partial charge >= 0.3 is 0 Å². The maximum Gasteiger partial charge on any atom is 0.230 e. The number of hydrogen-bond acceptors (Lipinski definition) is 17. The van der Waals surface area contributed by atoms with Gasteiger partial charge in [-0.05, 0) is 13.0 Å². The van der Waals surface area contributed by atoms with Gasteiger partial charge in [0.05, 0.1) is 31.9 Å². The van der Waals surface area contributed by atoms with Crippen molar-refractivity contribution >= 4 is 11.8 Å². The van der Waals surface area contributed by atoms with E-state index >= 15 is 0 Å². The minimum atomic E-state index is -1.79. The van der Waals surface area contributed by atoms with Crippen LogP contribution in [0.4, 0.5) is 0 Å². The molecule has 0 saturated carbocycles. The van der Waals surface area contributed by atoms with Gasteiger partial charge in [0, 0.05) is 12.8 Å². The third-order valence-corrected chi connectivity index (χ3v) is 9.50. The highest BCUT2D eigenvalue weighted by Gasteiger charge is 2.56. The van der Waals surface area contributed by atoms with Crippen molar-refractivity contribution in [2.75, 3.05) is 26.4 Å². The molecule has 4 heterocycles. The van der Waals surface area contributed by atoms with Crippen LogP contribution in [0.25, 0.3) is 0 Å². The molecule has 4 aliphatic heterocycles. The van der Waals surface area contributed by atoms with Gasteiger partial charge in [0.2, 0.25) is 11.8 Å². The number of amides is 2. The summed E-state index contributed by atoms with van der Waals surface area (Å²) in [7, 11) is 0. The van der Waals surface area contributed by atoms with Crippen molar-refractivity contribution in [3.63, 3.8) is 0 Å². The number of nitrogens with zero attached hydrogens (tertiary/aromatic N) is 1. The largest absolute Gasteiger partial charge is 0.394 e. The summed E-state index contributed by atoms with van der Waals surface area (Å²) in [6, 6.07) is -3.99. The van der Waals surface area contributed by atoms with E-state index in [2.05, 4.69) is 12.2 Å². The van der Waals surface area contributed by atoms with E-state index in [-0.39, 0.29) is 12.8 Å². The Hall–Kier alpha value is -1.46. The van der Waals surface area contributed by atoms with E-state index in [1.54, 1.807) is 0 Å². The number of carbonyl (C=O) groups is 2. The quantitative estimate of drug-likeness (QED) is 0.0538. The SMILES string of the molecule is CCCCCCCCN[C@H]1[C@H](OC2[C@@H](CO)O[C@@H](O)[C@H](N)[C@H]2O)O[C@H](CO)C(O[C@@H]2O[C@H](CO)[C@@H](O)[C@H](O)[C@H]2N2C(=O)CCC2=O)[C@@H]1O. The normalized spacial score (nSPS) is 42.5. The van der Waals surface area contributed by atoms with Crippen LogP contribution in [-0.2, 0) is 33.3 Å². The molecule has 0 aromatic carbocycles. The summed E-state index contributed by atoms with van der Waals surface area (Å²) < 4.78 is 29.3. The summed E-state index contributed by atoms with van der Waals surface area (Å²) in [6.45, 7) is 0.301. The molecule has 4 aliphatic rings. The summed E-state index contributed by atoms with van der Waals surface area (Å²) in [5.74, 6) is -1.28. The molecular weight excluding hydrogens is 642 g/mol. The molecule has 48 heavy (non-hydrogen) atoms. The maximum absolute atomic E-state index is 12.7. The Morgan fingerprint density at radius 1 is 0.729 bits per heavy atom. The van der Waals surface area contributed by atoms with E-state index in [0.29, 0.717) is 13.0 Å². The number of unbranched alkanes of at least 4 members (excludes halogenated alkanes) is 5. The zero-order chi connectivity index (χ0) is 35.1. The Labute approximate surface area is 278 Å². The average Bonchev–Trinajstić information content (AvgIpc) is 3.40. The topological polar surface area (TPSA) is 283 Å². The molecule has 0 bridgehead atoms. The number of ether oxygens (including phenoxy) is 5. The van der Waals surface area contributed by atoms with Gasteiger partial charge in [-0.25, -0.2) is 0 Å². The lowest BCUT2D eigenvalue weighted by molar-refractivity contribution is -0.354. The lowest BCUT2D eigenvalue weighted by Gasteiger charge is -2.50. The summed E-state index contributed by atoms with van der Waals surface area (Å²) in [5.41, 5.74) is 5.88. The summed E-state index contributed by atoms with van der Waals surface area (Å²) >= 11 is 0. The van der Waals surface area contributed by atoms with E-state index in [0.717, 1.165) is 37.0 Å². The summed E-state index contributed by atoms with van der Waals surface area (Å²) in [5, 5.41) is 87.5. The molecule has 0 radical (unpaired) electrons. The molecular formula is C30H53N3O15. The molecule has 4 fully saturated rings. The highest BCUT2D eigenvalue weighted by atomic mass is 16.7. The fraction of sp³-hybridized carbons (Fsp3) is 0.933. The smallest absolute Gasteiger partial charge is 0.230 e. The third kappa shape index (κ3) is 8.70. The van der Waals surface area contributed by atoms with Gasteiger partial charge in [-0.1, -0.05) is 39.0 Å². The molecule has 4 rings (SSSR count). The molecule has 278 valence electrons. The Morgan fingerprint density at radius 2 is 1.27 bits per heavy atom. The lowest BCUT2D eigenvalue weighted by Crippen LogP contribution is -2.70. The van der Waals surface area contributed by atoms with Gasteiger partial charge in [-0.2, -0.15) is 0 Å². The molecule has 18 heteroatoms. The first-order chi connectivity index (χ1) is 23.0. The number of nitrogens with two attached hydrogens (primary N) is 1. The predicted octanol–water partition coefficient (Wildman–Crippen LogP) is -4.49. The van der Waals surface area contributed by atoms with Gasteiger partial charge < -0.3 is 75.6 Å². The monoisotopic (exact) mass is 695 g/mol. The molecule has 0 aliphatic carbocycles. The maximum atomic E-state index is 12.7. The fourth-order valence-corrected chi connectivity index (χ4v) is 6.70. The summed E-state index contributed by atoms with van der Waals surface area (Å²) in [4.78, 5) is 26.1. The third-order valence-electron chi connectivity index (χ3n) is 9.50. The second-order valence-electron chi connectivity index (χ2n) is 12.8. The van der Waals surface area contributed by atoms with Crippen LogP contribution in [0.1, 0.15) is 58.3 Å². The number of nitrogens with one attached hydrogen (secondary N) is 1. The van der Waals surface area contributed by atoms with E-state index < -0.39 is 124 Å². The average molecular weight is 696 g/mol. The van der Waals surface area contributed by atoms with Gasteiger partial charge in [-0.3, -0.25) is 14.5 Å². The number of imide groups is 1. The second kappa shape index (κ2) is 18.2. The van der Waals surface area contributed by atoms with Crippen LogP contribution >= 0.6 is 0 Å². The van der Waals surface area contributed by atoms with Crippen molar-refractivity contribution in [1.82, 2.24) is 10.2 Å². The Balaban J connectivity index is 1.59. The molecule has 4 saturated heterocycles. The van der Waals surface area contributed by atoms with Crippen molar-refractivity contribution in [2.24, 2.45) is 5.73 Å². The number of aliphatic hydroxyl groups excluding tert-OH is 8. The van der Waals surface area contributed by atoms with Crippen molar-refractivity contribution < 1.29 is 74.1 Å². The molecule has 11 N–H and O–H groups in total. The van der Waals surface area contributed by atoms with E-state index in [4.69, 9.17) is 29.4 Å². The van der Waals surface area contributed by atoms with Crippen molar-refractivity contribution in [3.05, 3.63) is 0 Å². The molecule has 15 atom stereocenters. The first-order valence-corrected chi connectivity index (χ1v) is 16.8. The minimum absolute atomic E-state index is 0.140. The Bertz CT molecular complexity index is 1010. The van der Waals surface area contributed by atoms with Crippen molar-refractivity contribution in [2.45, 2.75) is 150 Å². The van der Waals surface area contributed by atoms with Crippen LogP contribution in [0.2, 0.25) is 0 Å².